The number of fused-ring (bicyclic) bond motifs is 6. The Labute approximate surface area is 325 Å². The Kier molecular flexibility index (Phi) is 7.57. The fourth-order valence-electron chi connectivity index (χ4n) is 7.52. The van der Waals surface area contributed by atoms with Gasteiger partial charge >= 0.3 is 0 Å². The van der Waals surface area contributed by atoms with Gasteiger partial charge in [-0.05, 0) is 35.4 Å². The van der Waals surface area contributed by atoms with Crippen LogP contribution >= 0.6 is 11.3 Å². The summed E-state index contributed by atoms with van der Waals surface area (Å²) in [6.07, 6.45) is 0. The monoisotopic (exact) mass is 735 g/mol. The fraction of sp³-hybridized carbons (Fsp3) is 0. The van der Waals surface area contributed by atoms with E-state index in [-0.39, 0.29) is 0 Å². The molecular formula is C49H29N5OS. The molecule has 0 aliphatic heterocycles. The SMILES string of the molecule is c1ccc(-c2cccc(-c3nc(-c4cccc5c4oc4cccc(-c6nc(-c7ccccc7)nc(-c7ccccc7)n6)c45)nc4c3sc3ccccc34)c2)cc1. The van der Waals surface area contributed by atoms with E-state index in [9.17, 15) is 0 Å². The second kappa shape index (κ2) is 13.2. The van der Waals surface area contributed by atoms with E-state index < -0.39 is 0 Å². The van der Waals surface area contributed by atoms with Crippen molar-refractivity contribution in [2.24, 2.45) is 0 Å². The van der Waals surface area contributed by atoms with Crippen LogP contribution in [0.1, 0.15) is 0 Å². The Morgan fingerprint density at radius 1 is 0.393 bits per heavy atom. The second-order valence-electron chi connectivity index (χ2n) is 13.6. The van der Waals surface area contributed by atoms with Crippen LogP contribution in [0.2, 0.25) is 0 Å². The Bertz CT molecular complexity index is 3190. The van der Waals surface area contributed by atoms with Gasteiger partial charge in [-0.25, -0.2) is 24.9 Å². The Balaban J connectivity index is 1.13. The van der Waals surface area contributed by atoms with E-state index >= 15 is 0 Å². The van der Waals surface area contributed by atoms with Gasteiger partial charge in [0.2, 0.25) is 0 Å². The van der Waals surface area contributed by atoms with E-state index in [2.05, 4.69) is 91.0 Å². The molecule has 0 bridgehead atoms. The summed E-state index contributed by atoms with van der Waals surface area (Å²) in [4.78, 5) is 25.7. The molecule has 11 aromatic rings. The molecule has 0 aliphatic rings. The summed E-state index contributed by atoms with van der Waals surface area (Å²) in [5.74, 6) is 2.38. The lowest BCUT2D eigenvalue weighted by atomic mass is 10.0. The highest BCUT2D eigenvalue weighted by molar-refractivity contribution is 7.26. The molecule has 7 heteroatoms. The average Bonchev–Trinajstić information content (AvgIpc) is 3.86. The lowest BCUT2D eigenvalue weighted by Crippen LogP contribution is -2.00. The van der Waals surface area contributed by atoms with Crippen molar-refractivity contribution in [1.82, 2.24) is 24.9 Å². The van der Waals surface area contributed by atoms with Crippen molar-refractivity contribution in [3.05, 3.63) is 176 Å². The normalized spacial score (nSPS) is 11.6. The molecule has 0 fully saturated rings. The van der Waals surface area contributed by atoms with Crippen LogP contribution in [0, 0.1) is 0 Å². The first-order valence-electron chi connectivity index (χ1n) is 18.4. The molecule has 0 amide bonds. The van der Waals surface area contributed by atoms with Crippen LogP contribution in [-0.4, -0.2) is 24.9 Å². The first kappa shape index (κ1) is 32.1. The highest BCUT2D eigenvalue weighted by Gasteiger charge is 2.22. The quantitative estimate of drug-likeness (QED) is 0.169. The molecule has 0 aliphatic carbocycles. The second-order valence-corrected chi connectivity index (χ2v) is 14.7. The summed E-state index contributed by atoms with van der Waals surface area (Å²) < 4.78 is 9.01. The molecule has 11 rings (SSSR count). The Morgan fingerprint density at radius 2 is 0.946 bits per heavy atom. The van der Waals surface area contributed by atoms with E-state index in [0.29, 0.717) is 28.9 Å². The third kappa shape index (κ3) is 5.44. The van der Waals surface area contributed by atoms with Gasteiger partial charge in [0.15, 0.2) is 23.3 Å². The van der Waals surface area contributed by atoms with Crippen molar-refractivity contribution >= 4 is 53.6 Å². The number of hydrogen-bond acceptors (Lipinski definition) is 7. The van der Waals surface area contributed by atoms with Crippen molar-refractivity contribution < 1.29 is 4.42 Å². The summed E-state index contributed by atoms with van der Waals surface area (Å²) in [6.45, 7) is 0. The molecule has 4 heterocycles. The van der Waals surface area contributed by atoms with Crippen LogP contribution in [-0.2, 0) is 0 Å². The maximum Gasteiger partial charge on any atom is 0.164 e. The standard InChI is InChI=1S/C49H29N5OS/c1-4-15-30(16-5-1)33-21-12-22-34(29-33)42-45-43(35-23-10-11-28-40(35)56-45)51-49(50-42)38-26-13-24-36-41-37(25-14-27-39(41)55-44(36)38)48-53-46(31-17-6-2-7-18-31)52-47(54-48)32-19-8-3-9-20-32/h1-29H. The summed E-state index contributed by atoms with van der Waals surface area (Å²) in [7, 11) is 0. The minimum Gasteiger partial charge on any atom is -0.455 e. The first-order chi connectivity index (χ1) is 27.7. The number of furan rings is 1. The zero-order chi connectivity index (χ0) is 37.0. The highest BCUT2D eigenvalue weighted by atomic mass is 32.1. The number of thiophene rings is 1. The van der Waals surface area contributed by atoms with E-state index in [0.717, 1.165) is 76.6 Å². The molecule has 0 saturated carbocycles. The van der Waals surface area contributed by atoms with Crippen LogP contribution in [0.15, 0.2) is 180 Å². The largest absolute Gasteiger partial charge is 0.455 e. The third-order valence-corrected chi connectivity index (χ3v) is 11.3. The number of rotatable bonds is 6. The summed E-state index contributed by atoms with van der Waals surface area (Å²) in [5, 5.41) is 2.96. The van der Waals surface area contributed by atoms with E-state index in [1.165, 1.54) is 4.70 Å². The molecule has 262 valence electrons. The molecule has 0 radical (unpaired) electrons. The maximum absolute atomic E-state index is 6.78. The minimum absolute atomic E-state index is 0.569. The smallest absolute Gasteiger partial charge is 0.164 e. The number of nitrogens with zero attached hydrogens (tertiary/aromatic N) is 5. The van der Waals surface area contributed by atoms with Crippen molar-refractivity contribution in [2.75, 3.05) is 0 Å². The number of para-hydroxylation sites is 1. The molecule has 0 N–H and O–H groups in total. The number of hydrogen-bond donors (Lipinski definition) is 0. The summed E-state index contributed by atoms with van der Waals surface area (Å²) >= 11 is 1.73. The predicted molar refractivity (Wildman–Crippen MR) is 228 cm³/mol. The van der Waals surface area contributed by atoms with Gasteiger partial charge in [-0.1, -0.05) is 152 Å². The summed E-state index contributed by atoms with van der Waals surface area (Å²) in [6, 6.07) is 59.8. The summed E-state index contributed by atoms with van der Waals surface area (Å²) in [5.41, 5.74) is 10.1. The Morgan fingerprint density at radius 3 is 1.70 bits per heavy atom. The number of aromatic nitrogens is 5. The lowest BCUT2D eigenvalue weighted by Gasteiger charge is -2.10. The van der Waals surface area contributed by atoms with Crippen LogP contribution < -0.4 is 0 Å². The minimum atomic E-state index is 0.569. The van der Waals surface area contributed by atoms with Gasteiger partial charge in [0.25, 0.3) is 0 Å². The van der Waals surface area contributed by atoms with Crippen molar-refractivity contribution in [3.8, 4) is 67.9 Å². The van der Waals surface area contributed by atoms with Gasteiger partial charge in [-0.3, -0.25) is 0 Å². The molecule has 0 unspecified atom stereocenters. The van der Waals surface area contributed by atoms with Gasteiger partial charge in [0.1, 0.15) is 11.2 Å². The molecule has 0 spiro atoms. The van der Waals surface area contributed by atoms with Crippen LogP contribution in [0.3, 0.4) is 0 Å². The molecule has 6 nitrogen and oxygen atoms in total. The van der Waals surface area contributed by atoms with Crippen LogP contribution in [0.25, 0.3) is 110 Å². The average molecular weight is 736 g/mol. The molecular weight excluding hydrogens is 707 g/mol. The van der Waals surface area contributed by atoms with E-state index in [1.54, 1.807) is 11.3 Å². The first-order valence-corrected chi connectivity index (χ1v) is 19.2. The predicted octanol–water partition coefficient (Wildman–Crippen LogP) is 12.9. The number of benzene rings is 7. The topological polar surface area (TPSA) is 77.6 Å². The van der Waals surface area contributed by atoms with E-state index in [1.807, 2.05) is 84.9 Å². The van der Waals surface area contributed by atoms with Gasteiger partial charge in [0.05, 0.1) is 21.5 Å². The van der Waals surface area contributed by atoms with Crippen LogP contribution in [0.4, 0.5) is 0 Å². The van der Waals surface area contributed by atoms with Crippen molar-refractivity contribution in [2.45, 2.75) is 0 Å². The van der Waals surface area contributed by atoms with Crippen molar-refractivity contribution in [1.29, 1.82) is 0 Å². The van der Waals surface area contributed by atoms with Gasteiger partial charge in [0, 0.05) is 43.1 Å². The van der Waals surface area contributed by atoms with Gasteiger partial charge in [-0.15, -0.1) is 11.3 Å². The third-order valence-electron chi connectivity index (χ3n) is 10.2. The fourth-order valence-corrected chi connectivity index (χ4v) is 8.68. The molecule has 56 heavy (non-hydrogen) atoms. The zero-order valence-corrected chi connectivity index (χ0v) is 30.6. The maximum atomic E-state index is 6.78. The lowest BCUT2D eigenvalue weighted by molar-refractivity contribution is 0.669. The van der Waals surface area contributed by atoms with Crippen molar-refractivity contribution in [3.63, 3.8) is 0 Å². The van der Waals surface area contributed by atoms with E-state index in [4.69, 9.17) is 29.3 Å². The molecule has 0 saturated heterocycles. The molecule has 7 aromatic carbocycles. The van der Waals surface area contributed by atoms with Crippen LogP contribution in [0.5, 0.6) is 0 Å². The van der Waals surface area contributed by atoms with Gasteiger partial charge < -0.3 is 4.42 Å². The Hall–Kier alpha value is -7.35. The van der Waals surface area contributed by atoms with Gasteiger partial charge in [-0.2, -0.15) is 0 Å². The molecule has 4 aromatic heterocycles. The highest BCUT2D eigenvalue weighted by Crippen LogP contribution is 2.43. The zero-order valence-electron chi connectivity index (χ0n) is 29.8. The molecule has 0 atom stereocenters.